The monoisotopic (exact) mass is 526 g/mol. The summed E-state index contributed by atoms with van der Waals surface area (Å²) in [6.07, 6.45) is 4.42. The molecule has 0 amide bonds. The van der Waals surface area contributed by atoms with Gasteiger partial charge in [0.2, 0.25) is 0 Å². The molecule has 2 fully saturated rings. The van der Waals surface area contributed by atoms with Crippen molar-refractivity contribution in [3.05, 3.63) is 41.3 Å². The normalized spacial score (nSPS) is 22.1. The van der Waals surface area contributed by atoms with Crippen molar-refractivity contribution >= 4 is 29.9 Å². The van der Waals surface area contributed by atoms with Crippen LogP contribution in [-0.2, 0) is 16.0 Å². The lowest BCUT2D eigenvalue weighted by atomic mass is 10.1. The second kappa shape index (κ2) is 10.5. The number of pyridine rings is 1. The smallest absolute Gasteiger partial charge is 0.194 e. The van der Waals surface area contributed by atoms with Crippen molar-refractivity contribution in [2.45, 2.75) is 45.4 Å². The van der Waals surface area contributed by atoms with Gasteiger partial charge in [-0.15, -0.1) is 24.0 Å². The van der Waals surface area contributed by atoms with Crippen LogP contribution in [0.15, 0.2) is 29.4 Å². The van der Waals surface area contributed by atoms with Gasteiger partial charge in [0.05, 0.1) is 18.4 Å². The molecule has 0 saturated carbocycles. The SMILES string of the molecule is CN=C(NCc1ccc(-n2nc(C)cc2C)nc1)N1CCOC(C2CCCO2)C1.I. The minimum atomic E-state index is 0. The summed E-state index contributed by atoms with van der Waals surface area (Å²) in [5, 5.41) is 7.95. The second-order valence-corrected chi connectivity index (χ2v) is 7.67. The largest absolute Gasteiger partial charge is 0.375 e. The molecule has 2 atom stereocenters. The van der Waals surface area contributed by atoms with Crippen LogP contribution in [0.1, 0.15) is 29.8 Å². The van der Waals surface area contributed by atoms with Gasteiger partial charge in [0, 0.05) is 45.2 Å². The van der Waals surface area contributed by atoms with Crippen LogP contribution in [0.25, 0.3) is 5.82 Å². The fourth-order valence-corrected chi connectivity index (χ4v) is 4.01. The van der Waals surface area contributed by atoms with E-state index in [-0.39, 0.29) is 36.2 Å². The van der Waals surface area contributed by atoms with Crippen molar-refractivity contribution in [1.29, 1.82) is 0 Å². The highest BCUT2D eigenvalue weighted by atomic mass is 127. The van der Waals surface area contributed by atoms with Gasteiger partial charge in [0.25, 0.3) is 0 Å². The van der Waals surface area contributed by atoms with E-state index < -0.39 is 0 Å². The first-order valence-electron chi connectivity index (χ1n) is 10.3. The Morgan fingerprint density at radius 2 is 2.07 bits per heavy atom. The zero-order chi connectivity index (χ0) is 20.2. The Labute approximate surface area is 195 Å². The van der Waals surface area contributed by atoms with Crippen molar-refractivity contribution in [3.8, 4) is 5.82 Å². The number of hydrogen-bond acceptors (Lipinski definition) is 5. The molecular weight excluding hydrogens is 495 g/mol. The van der Waals surface area contributed by atoms with E-state index in [1.165, 1.54) is 0 Å². The molecule has 30 heavy (non-hydrogen) atoms. The minimum absolute atomic E-state index is 0. The summed E-state index contributed by atoms with van der Waals surface area (Å²) in [5.74, 6) is 1.72. The first-order valence-corrected chi connectivity index (χ1v) is 10.3. The molecule has 1 N–H and O–H groups in total. The molecule has 2 unspecified atom stereocenters. The summed E-state index contributed by atoms with van der Waals surface area (Å²) < 4.78 is 13.6. The number of aromatic nitrogens is 3. The molecule has 0 bridgehead atoms. The van der Waals surface area contributed by atoms with Crippen molar-refractivity contribution in [2.75, 3.05) is 33.4 Å². The Morgan fingerprint density at radius 1 is 1.23 bits per heavy atom. The third-order valence-corrected chi connectivity index (χ3v) is 5.47. The summed E-state index contributed by atoms with van der Waals surface area (Å²) in [7, 11) is 1.82. The number of aliphatic imine (C=N–C) groups is 1. The van der Waals surface area contributed by atoms with Gasteiger partial charge >= 0.3 is 0 Å². The lowest BCUT2D eigenvalue weighted by Gasteiger charge is -2.37. The van der Waals surface area contributed by atoms with Crippen molar-refractivity contribution in [3.63, 3.8) is 0 Å². The summed E-state index contributed by atoms with van der Waals surface area (Å²) in [4.78, 5) is 11.3. The maximum Gasteiger partial charge on any atom is 0.194 e. The first-order chi connectivity index (χ1) is 14.1. The van der Waals surface area contributed by atoms with E-state index in [2.05, 4.69) is 31.4 Å². The number of morpholine rings is 1. The van der Waals surface area contributed by atoms with Crippen LogP contribution in [0.3, 0.4) is 0 Å². The molecule has 0 aliphatic carbocycles. The van der Waals surface area contributed by atoms with E-state index in [4.69, 9.17) is 9.47 Å². The van der Waals surface area contributed by atoms with E-state index in [9.17, 15) is 0 Å². The van der Waals surface area contributed by atoms with E-state index in [0.717, 1.165) is 61.3 Å². The Bertz CT molecular complexity index is 848. The summed E-state index contributed by atoms with van der Waals surface area (Å²) in [6.45, 7) is 7.87. The number of guanidine groups is 1. The molecule has 4 rings (SSSR count). The van der Waals surface area contributed by atoms with E-state index in [1.54, 1.807) is 0 Å². The lowest BCUT2D eigenvalue weighted by molar-refractivity contribution is -0.0817. The minimum Gasteiger partial charge on any atom is -0.375 e. The fraction of sp³-hybridized carbons (Fsp3) is 0.571. The van der Waals surface area contributed by atoms with Gasteiger partial charge in [-0.05, 0) is 44.4 Å². The van der Waals surface area contributed by atoms with Crippen LogP contribution >= 0.6 is 24.0 Å². The average Bonchev–Trinajstić information content (AvgIpc) is 3.39. The van der Waals surface area contributed by atoms with Crippen molar-refractivity contribution in [2.24, 2.45) is 4.99 Å². The predicted molar refractivity (Wildman–Crippen MR) is 127 cm³/mol. The number of halogens is 1. The Balaban J connectivity index is 0.00000256. The number of aryl methyl sites for hydroxylation is 2. The quantitative estimate of drug-likeness (QED) is 0.375. The Hall–Kier alpha value is -1.72. The van der Waals surface area contributed by atoms with Crippen molar-refractivity contribution in [1.82, 2.24) is 25.0 Å². The van der Waals surface area contributed by atoms with Gasteiger partial charge in [-0.1, -0.05) is 6.07 Å². The van der Waals surface area contributed by atoms with E-state index in [1.807, 2.05) is 43.9 Å². The molecule has 0 aromatic carbocycles. The maximum atomic E-state index is 5.95. The van der Waals surface area contributed by atoms with Crippen molar-refractivity contribution < 1.29 is 9.47 Å². The molecule has 2 aliphatic rings. The lowest BCUT2D eigenvalue weighted by Crippen LogP contribution is -2.53. The highest BCUT2D eigenvalue weighted by Gasteiger charge is 2.32. The molecular formula is C21H31IN6O2. The van der Waals surface area contributed by atoms with Crippen LogP contribution in [0.2, 0.25) is 0 Å². The zero-order valence-corrected chi connectivity index (χ0v) is 20.2. The van der Waals surface area contributed by atoms with Gasteiger partial charge < -0.3 is 19.7 Å². The summed E-state index contributed by atoms with van der Waals surface area (Å²) in [5.41, 5.74) is 3.17. The number of rotatable bonds is 4. The maximum absolute atomic E-state index is 5.95. The predicted octanol–water partition coefficient (Wildman–Crippen LogP) is 2.46. The summed E-state index contributed by atoms with van der Waals surface area (Å²) >= 11 is 0. The summed E-state index contributed by atoms with van der Waals surface area (Å²) in [6, 6.07) is 6.13. The van der Waals surface area contributed by atoms with Crippen LogP contribution in [0, 0.1) is 13.8 Å². The Kier molecular flexibility index (Phi) is 8.06. The van der Waals surface area contributed by atoms with Crippen LogP contribution in [-0.4, -0.2) is 71.2 Å². The first kappa shape index (κ1) is 23.0. The molecule has 2 aliphatic heterocycles. The van der Waals surface area contributed by atoms with Gasteiger partial charge in [0.15, 0.2) is 11.8 Å². The van der Waals surface area contributed by atoms with Crippen LogP contribution in [0.4, 0.5) is 0 Å². The second-order valence-electron chi connectivity index (χ2n) is 7.67. The molecule has 2 aromatic heterocycles. The molecule has 4 heterocycles. The van der Waals surface area contributed by atoms with E-state index >= 15 is 0 Å². The van der Waals surface area contributed by atoms with Gasteiger partial charge in [-0.3, -0.25) is 4.99 Å². The van der Waals surface area contributed by atoms with Gasteiger partial charge in [0.1, 0.15) is 6.10 Å². The number of nitrogens with zero attached hydrogens (tertiary/aromatic N) is 5. The molecule has 0 radical (unpaired) electrons. The zero-order valence-electron chi connectivity index (χ0n) is 17.9. The molecule has 9 heteroatoms. The highest BCUT2D eigenvalue weighted by Crippen LogP contribution is 2.21. The third-order valence-electron chi connectivity index (χ3n) is 5.47. The van der Waals surface area contributed by atoms with Crippen LogP contribution in [0.5, 0.6) is 0 Å². The number of ether oxygens (including phenoxy) is 2. The molecule has 0 spiro atoms. The molecule has 2 aromatic rings. The number of nitrogens with one attached hydrogen (secondary N) is 1. The molecule has 8 nitrogen and oxygen atoms in total. The van der Waals surface area contributed by atoms with Crippen LogP contribution < -0.4 is 5.32 Å². The topological polar surface area (TPSA) is 76.8 Å². The van der Waals surface area contributed by atoms with Gasteiger partial charge in [-0.25, -0.2) is 9.67 Å². The average molecular weight is 526 g/mol. The Morgan fingerprint density at radius 3 is 2.70 bits per heavy atom. The molecule has 2 saturated heterocycles. The number of hydrogen-bond donors (Lipinski definition) is 1. The molecule has 164 valence electrons. The highest BCUT2D eigenvalue weighted by molar-refractivity contribution is 14.0. The van der Waals surface area contributed by atoms with E-state index in [0.29, 0.717) is 13.2 Å². The third kappa shape index (κ3) is 5.30. The standard InChI is InChI=1S/C21H30N6O2.HI/c1-15-11-16(2)27(25-15)20-7-6-17(12-23-20)13-24-21(22-3)26-8-10-29-19(14-26)18-5-4-9-28-18;/h6-7,11-12,18-19H,4-5,8-10,13-14H2,1-3H3,(H,22,24);1H. The van der Waals surface area contributed by atoms with Gasteiger partial charge in [-0.2, -0.15) is 5.10 Å². The fourth-order valence-electron chi connectivity index (χ4n) is 4.01.